The van der Waals surface area contributed by atoms with Crippen LogP contribution in [0.2, 0.25) is 0 Å². The first-order chi connectivity index (χ1) is 6.14. The molecule has 0 spiro atoms. The smallest absolute Gasteiger partial charge is 0.212 e. The van der Waals surface area contributed by atoms with Gasteiger partial charge in [-0.1, -0.05) is 13.3 Å². The minimum Gasteiger partial charge on any atom is -0.313 e. The summed E-state index contributed by atoms with van der Waals surface area (Å²) in [6.45, 7) is 2.84. The van der Waals surface area contributed by atoms with E-state index in [4.69, 9.17) is 0 Å². The van der Waals surface area contributed by atoms with Crippen molar-refractivity contribution < 1.29 is 8.42 Å². The van der Waals surface area contributed by atoms with E-state index in [1.54, 1.807) is 6.92 Å². The van der Waals surface area contributed by atoms with Crippen LogP contribution in [-0.4, -0.2) is 33.3 Å². The molecule has 0 heterocycles. The fraction of sp³-hybridized carbons (Fsp3) is 1.00. The summed E-state index contributed by atoms with van der Waals surface area (Å²) in [5.74, 6) is 0.192. The Morgan fingerprint density at radius 1 is 1.38 bits per heavy atom. The van der Waals surface area contributed by atoms with Crippen LogP contribution in [0.3, 0.4) is 0 Å². The molecule has 0 atom stereocenters. The van der Waals surface area contributed by atoms with Gasteiger partial charge in [0.2, 0.25) is 10.0 Å². The van der Waals surface area contributed by atoms with Crippen LogP contribution in [0.25, 0.3) is 0 Å². The maximum atomic E-state index is 11.2. The summed E-state index contributed by atoms with van der Waals surface area (Å²) in [5, 5.41) is 3.21. The highest BCUT2D eigenvalue weighted by molar-refractivity contribution is 7.89. The highest BCUT2D eigenvalue weighted by Crippen LogP contribution is 2.17. The van der Waals surface area contributed by atoms with Crippen molar-refractivity contribution >= 4 is 10.0 Å². The molecular weight excluding hydrogens is 188 g/mol. The van der Waals surface area contributed by atoms with Gasteiger partial charge in [0, 0.05) is 19.1 Å². The first-order valence-electron chi connectivity index (χ1n) is 4.85. The molecule has 13 heavy (non-hydrogen) atoms. The Bertz CT molecular complexity index is 235. The molecule has 4 nitrogen and oxygen atoms in total. The van der Waals surface area contributed by atoms with Crippen molar-refractivity contribution in [2.45, 2.75) is 32.2 Å². The lowest BCUT2D eigenvalue weighted by atomic mass is 9.93. The van der Waals surface area contributed by atoms with Crippen LogP contribution < -0.4 is 10.0 Å². The van der Waals surface area contributed by atoms with Crippen molar-refractivity contribution in [3.8, 4) is 0 Å². The van der Waals surface area contributed by atoms with Gasteiger partial charge in [-0.15, -0.1) is 0 Å². The summed E-state index contributed by atoms with van der Waals surface area (Å²) in [5.41, 5.74) is 0. The SMILES string of the molecule is CCNS(=O)(=O)CCNC1CCC1. The normalized spacial score (nSPS) is 18.5. The molecule has 0 saturated heterocycles. The maximum Gasteiger partial charge on any atom is 0.212 e. The van der Waals surface area contributed by atoms with Gasteiger partial charge in [0.25, 0.3) is 0 Å². The highest BCUT2D eigenvalue weighted by Gasteiger charge is 2.17. The average molecular weight is 206 g/mol. The molecule has 0 aromatic heterocycles. The molecule has 1 saturated carbocycles. The molecule has 1 aliphatic rings. The lowest BCUT2D eigenvalue weighted by Gasteiger charge is -2.26. The summed E-state index contributed by atoms with van der Waals surface area (Å²) in [4.78, 5) is 0. The molecule has 78 valence electrons. The highest BCUT2D eigenvalue weighted by atomic mass is 32.2. The van der Waals surface area contributed by atoms with Gasteiger partial charge in [0.05, 0.1) is 5.75 Å². The second-order valence-electron chi connectivity index (χ2n) is 3.40. The van der Waals surface area contributed by atoms with Crippen molar-refractivity contribution in [1.29, 1.82) is 0 Å². The Morgan fingerprint density at radius 3 is 2.54 bits per heavy atom. The first kappa shape index (κ1) is 10.9. The predicted octanol–water partition coefficient (Wildman–Crippen LogP) is 0.0678. The number of nitrogens with one attached hydrogen (secondary N) is 2. The van der Waals surface area contributed by atoms with Crippen molar-refractivity contribution in [3.05, 3.63) is 0 Å². The number of hydrogen-bond donors (Lipinski definition) is 2. The quantitative estimate of drug-likeness (QED) is 0.646. The van der Waals surface area contributed by atoms with Gasteiger partial charge in [-0.05, 0) is 12.8 Å². The minimum atomic E-state index is -3.02. The second kappa shape index (κ2) is 4.93. The molecule has 0 aromatic rings. The molecule has 0 radical (unpaired) electrons. The predicted molar refractivity (Wildman–Crippen MR) is 53.1 cm³/mol. The molecule has 0 bridgehead atoms. The largest absolute Gasteiger partial charge is 0.313 e. The third-order valence-corrected chi connectivity index (χ3v) is 3.74. The van der Waals surface area contributed by atoms with Gasteiger partial charge in [-0.3, -0.25) is 0 Å². The lowest BCUT2D eigenvalue weighted by Crippen LogP contribution is -2.39. The van der Waals surface area contributed by atoms with Gasteiger partial charge in [-0.25, -0.2) is 13.1 Å². The zero-order chi connectivity index (χ0) is 9.73. The summed E-state index contributed by atoms with van der Waals surface area (Å²) in [6, 6.07) is 0.567. The molecule has 0 unspecified atom stereocenters. The molecule has 5 heteroatoms. The van der Waals surface area contributed by atoms with Crippen molar-refractivity contribution in [2.75, 3.05) is 18.8 Å². The molecule has 1 fully saturated rings. The molecule has 0 aromatic carbocycles. The zero-order valence-electron chi connectivity index (χ0n) is 8.04. The standard InChI is InChI=1S/C8H18N2O2S/c1-2-10-13(11,12)7-6-9-8-4-3-5-8/h8-10H,2-7H2,1H3. The lowest BCUT2D eigenvalue weighted by molar-refractivity contribution is 0.346. The van der Waals surface area contributed by atoms with E-state index in [0.717, 1.165) is 0 Å². The Hall–Kier alpha value is -0.130. The fourth-order valence-electron chi connectivity index (χ4n) is 1.30. The molecule has 0 amide bonds. The first-order valence-corrected chi connectivity index (χ1v) is 6.50. The zero-order valence-corrected chi connectivity index (χ0v) is 8.86. The summed E-state index contributed by atoms with van der Waals surface area (Å²) < 4.78 is 24.8. The van der Waals surface area contributed by atoms with Gasteiger partial charge in [0.1, 0.15) is 0 Å². The van der Waals surface area contributed by atoms with E-state index in [0.29, 0.717) is 19.1 Å². The molecular formula is C8H18N2O2S. The third kappa shape index (κ3) is 4.06. The second-order valence-corrected chi connectivity index (χ2v) is 5.33. The van der Waals surface area contributed by atoms with Gasteiger partial charge < -0.3 is 5.32 Å². The fourth-order valence-corrected chi connectivity index (χ4v) is 2.27. The van der Waals surface area contributed by atoms with Crippen molar-refractivity contribution in [1.82, 2.24) is 10.0 Å². The van der Waals surface area contributed by atoms with E-state index >= 15 is 0 Å². The van der Waals surface area contributed by atoms with Crippen molar-refractivity contribution in [3.63, 3.8) is 0 Å². The Labute approximate surface area is 80.1 Å². The summed E-state index contributed by atoms with van der Waals surface area (Å²) in [6.07, 6.45) is 3.67. The average Bonchev–Trinajstić information content (AvgIpc) is 1.94. The Kier molecular flexibility index (Phi) is 4.15. The van der Waals surface area contributed by atoms with Gasteiger partial charge >= 0.3 is 0 Å². The third-order valence-electron chi connectivity index (χ3n) is 2.27. The van der Waals surface area contributed by atoms with Gasteiger partial charge in [-0.2, -0.15) is 0 Å². The van der Waals surface area contributed by atoms with Crippen LogP contribution >= 0.6 is 0 Å². The minimum absolute atomic E-state index is 0.192. The van der Waals surface area contributed by atoms with Crippen LogP contribution in [0.5, 0.6) is 0 Å². The van der Waals surface area contributed by atoms with Crippen LogP contribution in [0, 0.1) is 0 Å². The van der Waals surface area contributed by atoms with Crippen LogP contribution in [-0.2, 0) is 10.0 Å². The monoisotopic (exact) mass is 206 g/mol. The molecule has 1 rings (SSSR count). The maximum absolute atomic E-state index is 11.2. The van der Waals surface area contributed by atoms with Crippen molar-refractivity contribution in [2.24, 2.45) is 0 Å². The van der Waals surface area contributed by atoms with E-state index in [2.05, 4.69) is 10.0 Å². The van der Waals surface area contributed by atoms with E-state index in [1.165, 1.54) is 19.3 Å². The van der Waals surface area contributed by atoms with E-state index in [-0.39, 0.29) is 5.75 Å². The topological polar surface area (TPSA) is 58.2 Å². The van der Waals surface area contributed by atoms with E-state index in [9.17, 15) is 8.42 Å². The number of hydrogen-bond acceptors (Lipinski definition) is 3. The van der Waals surface area contributed by atoms with Crippen LogP contribution in [0.1, 0.15) is 26.2 Å². The summed E-state index contributed by atoms with van der Waals surface area (Å²) in [7, 11) is -3.02. The molecule has 2 N–H and O–H groups in total. The molecule has 1 aliphatic carbocycles. The molecule has 0 aliphatic heterocycles. The van der Waals surface area contributed by atoms with E-state index < -0.39 is 10.0 Å². The number of rotatable bonds is 6. The van der Waals surface area contributed by atoms with Crippen LogP contribution in [0.15, 0.2) is 0 Å². The summed E-state index contributed by atoms with van der Waals surface area (Å²) >= 11 is 0. The Balaban J connectivity index is 2.09. The van der Waals surface area contributed by atoms with E-state index in [1.807, 2.05) is 0 Å². The van der Waals surface area contributed by atoms with Crippen LogP contribution in [0.4, 0.5) is 0 Å². The number of sulfonamides is 1. The Morgan fingerprint density at radius 2 is 2.08 bits per heavy atom. The van der Waals surface area contributed by atoms with Gasteiger partial charge in [0.15, 0.2) is 0 Å².